The fraction of sp³-hybridized carbons (Fsp3) is 0.455. The SMILES string of the molecule is CCNC(=O)CNCc1cc(C(=O)O)oc1C. The molecule has 1 aromatic heterocycles. The molecular weight excluding hydrogens is 224 g/mol. The standard InChI is InChI=1S/C11H16N2O4/c1-3-13-10(14)6-12-5-8-4-9(11(15)16)17-7(8)2/h4,12H,3,5-6H2,1-2H3,(H,13,14)(H,15,16). The number of carbonyl (C=O) groups is 2. The Balaban J connectivity index is 2.46. The van der Waals surface area contributed by atoms with Gasteiger partial charge < -0.3 is 20.2 Å². The molecule has 0 saturated heterocycles. The summed E-state index contributed by atoms with van der Waals surface area (Å²) in [6.45, 7) is 4.72. The smallest absolute Gasteiger partial charge is 0.371 e. The Morgan fingerprint density at radius 3 is 2.71 bits per heavy atom. The number of hydrogen-bond acceptors (Lipinski definition) is 4. The molecule has 3 N–H and O–H groups in total. The van der Waals surface area contributed by atoms with E-state index in [0.717, 1.165) is 5.56 Å². The van der Waals surface area contributed by atoms with Crippen molar-refractivity contribution < 1.29 is 19.1 Å². The highest BCUT2D eigenvalue weighted by atomic mass is 16.4. The van der Waals surface area contributed by atoms with E-state index < -0.39 is 5.97 Å². The Hall–Kier alpha value is -1.82. The Morgan fingerprint density at radius 2 is 2.18 bits per heavy atom. The Kier molecular flexibility index (Phi) is 4.71. The molecular formula is C11H16N2O4. The maximum Gasteiger partial charge on any atom is 0.371 e. The first kappa shape index (κ1) is 13.2. The maximum atomic E-state index is 11.1. The molecule has 17 heavy (non-hydrogen) atoms. The van der Waals surface area contributed by atoms with Crippen molar-refractivity contribution in [3.05, 3.63) is 23.2 Å². The summed E-state index contributed by atoms with van der Waals surface area (Å²) in [5.74, 6) is -0.724. The molecule has 0 aliphatic heterocycles. The second kappa shape index (κ2) is 6.05. The molecule has 0 atom stereocenters. The molecule has 0 spiro atoms. The molecule has 1 aromatic rings. The van der Waals surface area contributed by atoms with E-state index in [1.807, 2.05) is 6.92 Å². The number of rotatable bonds is 6. The molecule has 0 fully saturated rings. The van der Waals surface area contributed by atoms with Crippen molar-refractivity contribution in [2.24, 2.45) is 0 Å². The van der Waals surface area contributed by atoms with Crippen LogP contribution in [0.4, 0.5) is 0 Å². The van der Waals surface area contributed by atoms with Crippen LogP contribution in [0.5, 0.6) is 0 Å². The number of aryl methyl sites for hydroxylation is 1. The number of amides is 1. The Morgan fingerprint density at radius 1 is 1.47 bits per heavy atom. The van der Waals surface area contributed by atoms with Crippen LogP contribution in [0.1, 0.15) is 28.8 Å². The second-order valence-corrected chi connectivity index (χ2v) is 3.55. The first-order chi connectivity index (χ1) is 8.04. The molecule has 0 aliphatic carbocycles. The lowest BCUT2D eigenvalue weighted by Crippen LogP contribution is -2.33. The minimum absolute atomic E-state index is 0.0858. The molecule has 94 valence electrons. The normalized spacial score (nSPS) is 10.2. The minimum atomic E-state index is -1.09. The van der Waals surface area contributed by atoms with Gasteiger partial charge in [0.1, 0.15) is 5.76 Å². The summed E-state index contributed by atoms with van der Waals surface area (Å²) >= 11 is 0. The summed E-state index contributed by atoms with van der Waals surface area (Å²) < 4.78 is 5.04. The van der Waals surface area contributed by atoms with Crippen molar-refractivity contribution in [1.29, 1.82) is 0 Å². The van der Waals surface area contributed by atoms with Crippen molar-refractivity contribution in [2.45, 2.75) is 20.4 Å². The molecule has 1 amide bonds. The van der Waals surface area contributed by atoms with Crippen LogP contribution in [0.15, 0.2) is 10.5 Å². The van der Waals surface area contributed by atoms with Crippen molar-refractivity contribution >= 4 is 11.9 Å². The van der Waals surface area contributed by atoms with Gasteiger partial charge >= 0.3 is 5.97 Å². The van der Waals surface area contributed by atoms with E-state index in [4.69, 9.17) is 9.52 Å². The van der Waals surface area contributed by atoms with Crippen molar-refractivity contribution in [1.82, 2.24) is 10.6 Å². The summed E-state index contributed by atoms with van der Waals surface area (Å²) in [6, 6.07) is 1.46. The van der Waals surface area contributed by atoms with Crippen LogP contribution in [0.2, 0.25) is 0 Å². The highest BCUT2D eigenvalue weighted by Crippen LogP contribution is 2.14. The molecule has 0 bridgehead atoms. The van der Waals surface area contributed by atoms with E-state index >= 15 is 0 Å². The summed E-state index contributed by atoms with van der Waals surface area (Å²) in [5, 5.41) is 14.3. The van der Waals surface area contributed by atoms with Gasteiger partial charge in [0.25, 0.3) is 0 Å². The van der Waals surface area contributed by atoms with Gasteiger partial charge in [0.15, 0.2) is 0 Å². The van der Waals surface area contributed by atoms with Gasteiger partial charge in [-0.2, -0.15) is 0 Å². The van der Waals surface area contributed by atoms with Gasteiger partial charge in [0.2, 0.25) is 11.7 Å². The van der Waals surface area contributed by atoms with Crippen LogP contribution in [-0.2, 0) is 11.3 Å². The zero-order valence-electron chi connectivity index (χ0n) is 9.87. The van der Waals surface area contributed by atoms with E-state index in [0.29, 0.717) is 18.8 Å². The van der Waals surface area contributed by atoms with Gasteiger partial charge in [-0.05, 0) is 19.9 Å². The van der Waals surface area contributed by atoms with Crippen LogP contribution in [-0.4, -0.2) is 30.1 Å². The second-order valence-electron chi connectivity index (χ2n) is 3.55. The predicted molar refractivity (Wildman–Crippen MR) is 60.8 cm³/mol. The van der Waals surface area contributed by atoms with E-state index in [1.165, 1.54) is 6.07 Å². The largest absolute Gasteiger partial charge is 0.475 e. The molecule has 0 unspecified atom stereocenters. The Bertz CT molecular complexity index is 412. The third kappa shape index (κ3) is 3.92. The summed E-state index contributed by atoms with van der Waals surface area (Å²) in [7, 11) is 0. The summed E-state index contributed by atoms with van der Waals surface area (Å²) in [4.78, 5) is 21.8. The maximum absolute atomic E-state index is 11.1. The molecule has 0 radical (unpaired) electrons. The fourth-order valence-electron chi connectivity index (χ4n) is 1.37. The van der Waals surface area contributed by atoms with E-state index in [-0.39, 0.29) is 18.2 Å². The lowest BCUT2D eigenvalue weighted by atomic mass is 10.2. The van der Waals surface area contributed by atoms with E-state index in [9.17, 15) is 9.59 Å². The van der Waals surface area contributed by atoms with Crippen LogP contribution in [0.25, 0.3) is 0 Å². The number of carboxylic acids is 1. The lowest BCUT2D eigenvalue weighted by molar-refractivity contribution is -0.120. The summed E-state index contributed by atoms with van der Waals surface area (Å²) in [6.07, 6.45) is 0. The van der Waals surface area contributed by atoms with Gasteiger partial charge in [0, 0.05) is 18.7 Å². The van der Waals surface area contributed by atoms with Gasteiger partial charge in [-0.25, -0.2) is 4.79 Å². The number of aromatic carboxylic acids is 1. The first-order valence-corrected chi connectivity index (χ1v) is 5.34. The Labute approximate surface area is 99.0 Å². The molecule has 6 heteroatoms. The molecule has 1 rings (SSSR count). The number of carbonyl (C=O) groups excluding carboxylic acids is 1. The van der Waals surface area contributed by atoms with Crippen molar-refractivity contribution in [3.63, 3.8) is 0 Å². The van der Waals surface area contributed by atoms with Gasteiger partial charge in [-0.1, -0.05) is 0 Å². The van der Waals surface area contributed by atoms with Gasteiger partial charge in [-0.15, -0.1) is 0 Å². The minimum Gasteiger partial charge on any atom is -0.475 e. The molecule has 0 saturated carbocycles. The first-order valence-electron chi connectivity index (χ1n) is 5.34. The topological polar surface area (TPSA) is 91.6 Å². The zero-order valence-corrected chi connectivity index (χ0v) is 9.87. The van der Waals surface area contributed by atoms with E-state index in [1.54, 1.807) is 6.92 Å². The highest BCUT2D eigenvalue weighted by molar-refractivity contribution is 5.84. The van der Waals surface area contributed by atoms with Crippen molar-refractivity contribution in [3.8, 4) is 0 Å². The van der Waals surface area contributed by atoms with Gasteiger partial charge in [-0.3, -0.25) is 4.79 Å². The van der Waals surface area contributed by atoms with Gasteiger partial charge in [0.05, 0.1) is 6.54 Å². The van der Waals surface area contributed by atoms with Crippen LogP contribution in [0, 0.1) is 6.92 Å². The summed E-state index contributed by atoms with van der Waals surface area (Å²) in [5.41, 5.74) is 0.742. The average molecular weight is 240 g/mol. The molecule has 6 nitrogen and oxygen atoms in total. The molecule has 0 aromatic carbocycles. The third-order valence-electron chi connectivity index (χ3n) is 2.21. The van der Waals surface area contributed by atoms with Crippen LogP contribution >= 0.6 is 0 Å². The quantitative estimate of drug-likeness (QED) is 0.674. The van der Waals surface area contributed by atoms with E-state index in [2.05, 4.69) is 10.6 Å². The number of likely N-dealkylation sites (N-methyl/N-ethyl adjacent to an activating group) is 1. The average Bonchev–Trinajstić information content (AvgIpc) is 2.61. The lowest BCUT2D eigenvalue weighted by Gasteiger charge is -2.03. The number of carboxylic acid groups (broad SMARTS) is 1. The van der Waals surface area contributed by atoms with Crippen LogP contribution in [0.3, 0.4) is 0 Å². The fourth-order valence-corrected chi connectivity index (χ4v) is 1.37. The number of nitrogens with one attached hydrogen (secondary N) is 2. The highest BCUT2D eigenvalue weighted by Gasteiger charge is 2.12. The predicted octanol–water partition coefficient (Wildman–Crippen LogP) is 0.512. The zero-order chi connectivity index (χ0) is 12.8. The molecule has 0 aliphatic rings. The number of hydrogen-bond donors (Lipinski definition) is 3. The molecule has 1 heterocycles. The third-order valence-corrected chi connectivity index (χ3v) is 2.21. The number of furan rings is 1. The van der Waals surface area contributed by atoms with Crippen LogP contribution < -0.4 is 10.6 Å². The van der Waals surface area contributed by atoms with Crippen molar-refractivity contribution in [2.75, 3.05) is 13.1 Å². The monoisotopic (exact) mass is 240 g/mol.